The lowest BCUT2D eigenvalue weighted by atomic mass is 9.43. The lowest BCUT2D eigenvalue weighted by Crippen LogP contribution is -2.61. The quantitative estimate of drug-likeness (QED) is 0.753. The minimum atomic E-state index is -0.0719. The molecule has 3 saturated carbocycles. The van der Waals surface area contributed by atoms with Crippen LogP contribution in [0.4, 0.5) is 0 Å². The van der Waals surface area contributed by atoms with Crippen LogP contribution in [0.2, 0.25) is 0 Å². The van der Waals surface area contributed by atoms with Gasteiger partial charge in [-0.05, 0) is 36.0 Å². The number of nitrogens with one attached hydrogen (secondary N) is 1. The zero-order valence-corrected chi connectivity index (χ0v) is 11.0. The average Bonchev–Trinajstić information content (AvgIpc) is 2.74. The molecule has 18 heavy (non-hydrogen) atoms. The molecule has 4 unspecified atom stereocenters. The maximum atomic E-state index is 12.4. The third kappa shape index (κ3) is 1.42. The first-order chi connectivity index (χ1) is 8.41. The first kappa shape index (κ1) is 11.7. The van der Waals surface area contributed by atoms with Crippen LogP contribution in [0.25, 0.3) is 0 Å². The molecular formula is C13H19N3O2. The Hall–Kier alpha value is -1.39. The molecule has 98 valence electrons. The van der Waals surface area contributed by atoms with Gasteiger partial charge in [0, 0.05) is 0 Å². The van der Waals surface area contributed by atoms with Crippen molar-refractivity contribution in [2.75, 3.05) is 0 Å². The maximum absolute atomic E-state index is 12.4. The normalized spacial score (nSPS) is 37.1. The maximum Gasteiger partial charge on any atom is 0.388 e. The van der Waals surface area contributed by atoms with Crippen molar-refractivity contribution in [3.05, 3.63) is 11.8 Å². The number of hydrogen-bond acceptors (Lipinski definition) is 3. The number of aromatic nitrogens is 2. The number of carbonyl (C=O) groups is 1. The van der Waals surface area contributed by atoms with Crippen molar-refractivity contribution < 1.29 is 14.0 Å². The van der Waals surface area contributed by atoms with Crippen LogP contribution in [0.1, 0.15) is 38.4 Å². The minimum absolute atomic E-state index is 0.0186. The standard InChI is InChI=1S/C13H19N3O2/c1-7-9(4-8-5-10(7)13(8,2)3)12(17)16-6-11(14)18-15-16/h6-10,14H,4-5H2,1-3H3. The van der Waals surface area contributed by atoms with E-state index in [9.17, 15) is 4.79 Å². The zero-order chi connectivity index (χ0) is 13.1. The summed E-state index contributed by atoms with van der Waals surface area (Å²) in [6, 6.07) is 0. The molecule has 3 aliphatic carbocycles. The second kappa shape index (κ2) is 3.56. The Morgan fingerprint density at radius 1 is 1.56 bits per heavy atom. The van der Waals surface area contributed by atoms with Crippen molar-refractivity contribution in [3.63, 3.8) is 0 Å². The van der Waals surface area contributed by atoms with Gasteiger partial charge in [0.2, 0.25) is 6.20 Å². The van der Waals surface area contributed by atoms with Crippen molar-refractivity contribution in [1.29, 1.82) is 5.41 Å². The van der Waals surface area contributed by atoms with E-state index in [0.29, 0.717) is 23.2 Å². The molecule has 0 aromatic carbocycles. The van der Waals surface area contributed by atoms with Crippen molar-refractivity contribution in [3.8, 4) is 0 Å². The van der Waals surface area contributed by atoms with Crippen molar-refractivity contribution in [2.24, 2.45) is 29.1 Å². The number of carbonyl (C=O) groups excluding carboxylic acids is 1. The molecule has 1 N–H and O–H groups in total. The highest BCUT2D eigenvalue weighted by Gasteiger charge is 2.58. The van der Waals surface area contributed by atoms with Gasteiger partial charge in [-0.15, -0.1) is 0 Å². The molecule has 4 atom stereocenters. The van der Waals surface area contributed by atoms with Crippen LogP contribution in [0.5, 0.6) is 0 Å². The molecule has 0 spiro atoms. The van der Waals surface area contributed by atoms with E-state index in [0.717, 1.165) is 6.42 Å². The molecule has 5 heteroatoms. The summed E-state index contributed by atoms with van der Waals surface area (Å²) in [5, 5.41) is 10.9. The molecule has 3 aliphatic rings. The van der Waals surface area contributed by atoms with E-state index in [1.807, 2.05) is 0 Å². The van der Waals surface area contributed by atoms with Gasteiger partial charge in [-0.25, -0.2) is 10.1 Å². The van der Waals surface area contributed by atoms with E-state index in [1.165, 1.54) is 17.3 Å². The third-order valence-electron chi connectivity index (χ3n) is 5.36. The highest BCUT2D eigenvalue weighted by atomic mass is 16.5. The Kier molecular flexibility index (Phi) is 2.31. The second-order valence-electron chi connectivity index (χ2n) is 6.41. The molecule has 0 saturated heterocycles. The van der Waals surface area contributed by atoms with Crippen molar-refractivity contribution >= 4 is 5.91 Å². The number of nitrogens with zero attached hydrogens (tertiary/aromatic N) is 2. The van der Waals surface area contributed by atoms with Crippen molar-refractivity contribution in [1.82, 2.24) is 5.27 Å². The minimum Gasteiger partial charge on any atom is -0.486 e. The molecule has 1 heterocycles. The second-order valence-corrected chi connectivity index (χ2v) is 6.41. The van der Waals surface area contributed by atoms with Crippen LogP contribution in [0.15, 0.2) is 10.7 Å². The van der Waals surface area contributed by atoms with Gasteiger partial charge in [-0.3, -0.25) is 5.41 Å². The molecule has 1 aromatic heterocycles. The van der Waals surface area contributed by atoms with Crippen LogP contribution in [0, 0.1) is 34.5 Å². The SMILES string of the molecule is CC1C(C(=O)[n+]2cc(=N)o[n-]2)CC2CC1C2(C)C. The van der Waals surface area contributed by atoms with Gasteiger partial charge in [0.1, 0.15) is 0 Å². The molecule has 4 rings (SSSR count). The van der Waals surface area contributed by atoms with Crippen LogP contribution < -0.4 is 15.5 Å². The Bertz CT molecular complexity index is 542. The van der Waals surface area contributed by atoms with Crippen LogP contribution in [0.3, 0.4) is 0 Å². The zero-order valence-electron chi connectivity index (χ0n) is 11.0. The highest BCUT2D eigenvalue weighted by molar-refractivity contribution is 5.70. The molecule has 0 amide bonds. The van der Waals surface area contributed by atoms with E-state index >= 15 is 0 Å². The van der Waals surface area contributed by atoms with E-state index in [4.69, 9.17) is 5.41 Å². The lowest BCUT2D eigenvalue weighted by Gasteiger charge is -2.61. The highest BCUT2D eigenvalue weighted by Crippen LogP contribution is 2.62. The van der Waals surface area contributed by atoms with Crippen LogP contribution >= 0.6 is 0 Å². The van der Waals surface area contributed by atoms with Gasteiger partial charge in [-0.2, -0.15) is 4.68 Å². The van der Waals surface area contributed by atoms with Crippen LogP contribution in [-0.4, -0.2) is 5.91 Å². The summed E-state index contributed by atoms with van der Waals surface area (Å²) < 4.78 is 5.85. The average molecular weight is 249 g/mol. The van der Waals surface area contributed by atoms with E-state index in [1.54, 1.807) is 0 Å². The number of fused-ring (bicyclic) bond motifs is 2. The first-order valence-electron chi connectivity index (χ1n) is 6.55. The Morgan fingerprint density at radius 3 is 2.78 bits per heavy atom. The first-order valence-corrected chi connectivity index (χ1v) is 6.55. The molecule has 2 bridgehead atoms. The summed E-state index contributed by atoms with van der Waals surface area (Å²) in [5.74, 6) is 1.67. The van der Waals surface area contributed by atoms with E-state index in [-0.39, 0.29) is 17.4 Å². The van der Waals surface area contributed by atoms with E-state index in [2.05, 4.69) is 30.6 Å². The monoisotopic (exact) mass is 249 g/mol. The molecule has 5 nitrogen and oxygen atoms in total. The number of hydrogen-bond donors (Lipinski definition) is 1. The van der Waals surface area contributed by atoms with Gasteiger partial charge in [0.15, 0.2) is 0 Å². The summed E-state index contributed by atoms with van der Waals surface area (Å²) in [4.78, 5) is 12.4. The smallest absolute Gasteiger partial charge is 0.388 e. The van der Waals surface area contributed by atoms with Crippen molar-refractivity contribution in [2.45, 2.75) is 33.6 Å². The number of rotatable bonds is 1. The van der Waals surface area contributed by atoms with Gasteiger partial charge >= 0.3 is 5.91 Å². The summed E-state index contributed by atoms with van der Waals surface area (Å²) in [6.07, 6.45) is 3.54. The van der Waals surface area contributed by atoms with Gasteiger partial charge in [0.05, 0.1) is 5.92 Å². The predicted molar refractivity (Wildman–Crippen MR) is 61.4 cm³/mol. The largest absolute Gasteiger partial charge is 0.486 e. The fraction of sp³-hybridized carbons (Fsp3) is 0.769. The van der Waals surface area contributed by atoms with E-state index < -0.39 is 0 Å². The Morgan fingerprint density at radius 2 is 2.28 bits per heavy atom. The molecule has 0 aliphatic heterocycles. The molecule has 1 aromatic rings. The van der Waals surface area contributed by atoms with Crippen LogP contribution in [-0.2, 0) is 0 Å². The van der Waals surface area contributed by atoms with Gasteiger partial charge in [0.25, 0.3) is 5.55 Å². The van der Waals surface area contributed by atoms with Gasteiger partial charge in [-0.1, -0.05) is 20.8 Å². The summed E-state index contributed by atoms with van der Waals surface area (Å²) in [5.41, 5.74) is 0.308. The molecular weight excluding hydrogens is 230 g/mol. The fourth-order valence-electron chi connectivity index (χ4n) is 4.00. The fourth-order valence-corrected chi connectivity index (χ4v) is 4.00. The Labute approximate surface area is 106 Å². The summed E-state index contributed by atoms with van der Waals surface area (Å²) in [7, 11) is 0. The lowest BCUT2D eigenvalue weighted by molar-refractivity contribution is -0.658. The Balaban J connectivity index is 1.83. The third-order valence-corrected chi connectivity index (χ3v) is 5.36. The topological polar surface area (TPSA) is 72.0 Å². The predicted octanol–water partition coefficient (Wildman–Crippen LogP) is 0.962. The summed E-state index contributed by atoms with van der Waals surface area (Å²) in [6.45, 7) is 6.80. The molecule has 3 fully saturated rings. The summed E-state index contributed by atoms with van der Waals surface area (Å²) >= 11 is 0. The molecule has 0 radical (unpaired) electrons. The van der Waals surface area contributed by atoms with Gasteiger partial charge < -0.3 is 4.52 Å².